The fraction of sp³-hybridized carbons (Fsp3) is 0. The molecule has 0 aliphatic rings. The second kappa shape index (κ2) is 5.37. The molecule has 0 aliphatic carbocycles. The number of nitro benzene ring substituents is 1. The molecule has 0 amide bonds. The Hall–Kier alpha value is -2.68. The van der Waals surface area contributed by atoms with Crippen molar-refractivity contribution in [3.8, 4) is 5.75 Å². The summed E-state index contributed by atoms with van der Waals surface area (Å²) in [6, 6.07) is 7.46. The molecule has 110 valence electrons. The van der Waals surface area contributed by atoms with Gasteiger partial charge in [0.2, 0.25) is 5.82 Å². The quantitative estimate of drug-likeness (QED) is 0.511. The third-order valence-corrected chi connectivity index (χ3v) is 3.92. The molecule has 2 aromatic carbocycles. The number of nitro groups is 1. The lowest BCUT2D eigenvalue weighted by molar-refractivity contribution is -0.387. The van der Waals surface area contributed by atoms with Crippen molar-refractivity contribution in [3.05, 3.63) is 58.4 Å². The van der Waals surface area contributed by atoms with Gasteiger partial charge in [0, 0.05) is 17.8 Å². The van der Waals surface area contributed by atoms with Gasteiger partial charge >= 0.3 is 5.69 Å². The lowest BCUT2D eigenvalue weighted by Crippen LogP contribution is -2.13. The molecule has 0 saturated carbocycles. The summed E-state index contributed by atoms with van der Waals surface area (Å²) in [6.45, 7) is 0. The summed E-state index contributed by atoms with van der Waals surface area (Å²) < 4.78 is 39.6. The van der Waals surface area contributed by atoms with Crippen molar-refractivity contribution in [1.29, 1.82) is 0 Å². The molecule has 7 nitrogen and oxygen atoms in total. The zero-order chi connectivity index (χ0) is 15.6. The second-order valence-corrected chi connectivity index (χ2v) is 5.71. The van der Waals surface area contributed by atoms with Gasteiger partial charge in [-0.25, -0.2) is 8.42 Å². The molecule has 0 heterocycles. The molecule has 9 heteroatoms. The molecular formula is C12H9FN2O5S. The molecule has 0 atom stereocenters. The maximum absolute atomic E-state index is 13.5. The van der Waals surface area contributed by atoms with Gasteiger partial charge in [-0.15, -0.1) is 0 Å². The number of halogens is 1. The maximum atomic E-state index is 13.5. The van der Waals surface area contributed by atoms with E-state index in [0.717, 1.165) is 12.1 Å². The molecule has 2 N–H and O–H groups in total. The van der Waals surface area contributed by atoms with E-state index in [1.165, 1.54) is 24.3 Å². The van der Waals surface area contributed by atoms with Crippen LogP contribution in [0.3, 0.4) is 0 Å². The smallest absolute Gasteiger partial charge is 0.304 e. The summed E-state index contributed by atoms with van der Waals surface area (Å²) in [7, 11) is -4.09. The van der Waals surface area contributed by atoms with E-state index in [0.29, 0.717) is 6.07 Å². The SMILES string of the molecule is O=[N+]([O-])c1ccc(S(=O)(=O)Nc2ccc(O)cc2)cc1F. The Bertz CT molecular complexity index is 790. The molecule has 0 bridgehead atoms. The fourth-order valence-electron chi connectivity index (χ4n) is 1.55. The first-order chi connectivity index (χ1) is 9.79. The van der Waals surface area contributed by atoms with Crippen LogP contribution in [-0.4, -0.2) is 18.4 Å². The number of hydrogen-bond donors (Lipinski definition) is 2. The van der Waals surface area contributed by atoms with Crippen LogP contribution < -0.4 is 4.72 Å². The Morgan fingerprint density at radius 3 is 2.29 bits per heavy atom. The molecule has 0 unspecified atom stereocenters. The van der Waals surface area contributed by atoms with Crippen molar-refractivity contribution >= 4 is 21.4 Å². The average molecular weight is 312 g/mol. The van der Waals surface area contributed by atoms with Gasteiger partial charge in [0.1, 0.15) is 5.75 Å². The van der Waals surface area contributed by atoms with E-state index in [9.17, 15) is 22.9 Å². The fourth-order valence-corrected chi connectivity index (χ4v) is 2.62. The first-order valence-corrected chi connectivity index (χ1v) is 7.04. The molecule has 2 aromatic rings. The minimum atomic E-state index is -4.09. The predicted molar refractivity (Wildman–Crippen MR) is 72.0 cm³/mol. The highest BCUT2D eigenvalue weighted by molar-refractivity contribution is 7.92. The lowest BCUT2D eigenvalue weighted by Gasteiger charge is -2.08. The Labute approximate surface area is 118 Å². The molecule has 0 radical (unpaired) electrons. The topological polar surface area (TPSA) is 110 Å². The molecular weight excluding hydrogens is 303 g/mol. The number of benzene rings is 2. The van der Waals surface area contributed by atoms with Gasteiger partial charge in [0.05, 0.1) is 9.82 Å². The third kappa shape index (κ3) is 3.26. The summed E-state index contributed by atoms with van der Waals surface area (Å²) in [5.41, 5.74) is -0.648. The number of anilines is 1. The number of phenolic OH excluding ortho intramolecular Hbond substituents is 1. The van der Waals surface area contributed by atoms with E-state index in [4.69, 9.17) is 5.11 Å². The van der Waals surface area contributed by atoms with Gasteiger partial charge in [-0.1, -0.05) is 0 Å². The number of sulfonamides is 1. The van der Waals surface area contributed by atoms with Gasteiger partial charge in [-0.2, -0.15) is 4.39 Å². The molecule has 21 heavy (non-hydrogen) atoms. The molecule has 0 aromatic heterocycles. The van der Waals surface area contributed by atoms with Crippen LogP contribution in [0, 0.1) is 15.9 Å². The number of phenols is 1. The summed E-state index contributed by atoms with van der Waals surface area (Å²) in [4.78, 5) is 9.09. The summed E-state index contributed by atoms with van der Waals surface area (Å²) in [6.07, 6.45) is 0. The number of rotatable bonds is 4. The number of nitrogens with zero attached hydrogens (tertiary/aromatic N) is 1. The van der Waals surface area contributed by atoms with Crippen molar-refractivity contribution in [3.63, 3.8) is 0 Å². The lowest BCUT2D eigenvalue weighted by atomic mass is 10.3. The molecule has 2 rings (SSSR count). The van der Waals surface area contributed by atoms with Crippen LogP contribution >= 0.6 is 0 Å². The summed E-state index contributed by atoms with van der Waals surface area (Å²) in [5, 5.41) is 19.6. The van der Waals surface area contributed by atoms with E-state index in [1.54, 1.807) is 0 Å². The standard InChI is InChI=1S/C12H9FN2O5S/c13-11-7-10(5-6-12(11)15(17)18)21(19,20)14-8-1-3-9(16)4-2-8/h1-7,14,16H. The number of aromatic hydroxyl groups is 1. The van der Waals surface area contributed by atoms with Crippen molar-refractivity contribution < 1.29 is 22.8 Å². The molecule has 0 saturated heterocycles. The highest BCUT2D eigenvalue weighted by atomic mass is 32.2. The van der Waals surface area contributed by atoms with E-state index in [-0.39, 0.29) is 11.4 Å². The monoisotopic (exact) mass is 312 g/mol. The predicted octanol–water partition coefficient (Wildman–Crippen LogP) is 2.24. The first-order valence-electron chi connectivity index (χ1n) is 5.55. The third-order valence-electron chi connectivity index (χ3n) is 2.55. The van der Waals surface area contributed by atoms with Crippen molar-refractivity contribution in [2.24, 2.45) is 0 Å². The zero-order valence-electron chi connectivity index (χ0n) is 10.4. The van der Waals surface area contributed by atoms with Gasteiger partial charge in [-0.3, -0.25) is 14.8 Å². The Kier molecular flexibility index (Phi) is 3.76. The number of hydrogen-bond acceptors (Lipinski definition) is 5. The van der Waals surface area contributed by atoms with E-state index in [2.05, 4.69) is 4.72 Å². The first kappa shape index (κ1) is 14.7. The molecule has 0 fully saturated rings. The highest BCUT2D eigenvalue weighted by Gasteiger charge is 2.20. The second-order valence-electron chi connectivity index (χ2n) is 4.02. The van der Waals surface area contributed by atoms with Crippen LogP contribution in [0.1, 0.15) is 0 Å². The highest BCUT2D eigenvalue weighted by Crippen LogP contribution is 2.23. The molecule has 0 aliphatic heterocycles. The van der Waals surface area contributed by atoms with Crippen LogP contribution in [-0.2, 0) is 10.0 Å². The number of nitrogens with one attached hydrogen (secondary N) is 1. The summed E-state index contributed by atoms with van der Waals surface area (Å²) in [5.74, 6) is -1.28. The normalized spacial score (nSPS) is 11.1. The minimum Gasteiger partial charge on any atom is -0.508 e. The largest absolute Gasteiger partial charge is 0.508 e. The average Bonchev–Trinajstić information content (AvgIpc) is 2.40. The Morgan fingerprint density at radius 1 is 1.14 bits per heavy atom. The van der Waals surface area contributed by atoms with Gasteiger partial charge < -0.3 is 5.11 Å². The van der Waals surface area contributed by atoms with E-state index >= 15 is 0 Å². The van der Waals surface area contributed by atoms with Gasteiger partial charge in [0.15, 0.2) is 0 Å². The maximum Gasteiger partial charge on any atom is 0.304 e. The molecule has 0 spiro atoms. The van der Waals surface area contributed by atoms with Crippen molar-refractivity contribution in [1.82, 2.24) is 0 Å². The van der Waals surface area contributed by atoms with Crippen LogP contribution in [0.4, 0.5) is 15.8 Å². The van der Waals surface area contributed by atoms with E-state index < -0.39 is 31.3 Å². The van der Waals surface area contributed by atoms with Crippen LogP contribution in [0.25, 0.3) is 0 Å². The minimum absolute atomic E-state index is 0.0423. The van der Waals surface area contributed by atoms with Crippen LogP contribution in [0.5, 0.6) is 5.75 Å². The van der Waals surface area contributed by atoms with Crippen molar-refractivity contribution in [2.45, 2.75) is 4.90 Å². The van der Waals surface area contributed by atoms with Crippen LogP contribution in [0.2, 0.25) is 0 Å². The van der Waals surface area contributed by atoms with Gasteiger partial charge in [-0.05, 0) is 30.3 Å². The zero-order valence-corrected chi connectivity index (χ0v) is 11.2. The Balaban J connectivity index is 2.33. The summed E-state index contributed by atoms with van der Waals surface area (Å²) >= 11 is 0. The van der Waals surface area contributed by atoms with Crippen molar-refractivity contribution in [2.75, 3.05) is 4.72 Å². The van der Waals surface area contributed by atoms with E-state index in [1.807, 2.05) is 0 Å². The van der Waals surface area contributed by atoms with Crippen LogP contribution in [0.15, 0.2) is 47.4 Å². The Morgan fingerprint density at radius 2 is 1.76 bits per heavy atom. The van der Waals surface area contributed by atoms with Gasteiger partial charge in [0.25, 0.3) is 10.0 Å².